The molecule has 4 rings (SSSR count). The molecule has 126 valence electrons. The Balaban J connectivity index is 0.000000175. The molecule has 0 aromatic carbocycles. The van der Waals surface area contributed by atoms with E-state index in [2.05, 4.69) is 30.2 Å². The lowest BCUT2D eigenvalue weighted by Gasteiger charge is -2.13. The van der Waals surface area contributed by atoms with Gasteiger partial charge in [0.05, 0.1) is 18.9 Å². The Bertz CT molecular complexity index is 772. The van der Waals surface area contributed by atoms with Crippen LogP contribution in [0.25, 0.3) is 0 Å². The number of hydrogen-bond donors (Lipinski definition) is 3. The quantitative estimate of drug-likeness (QED) is 0.596. The first-order valence-corrected chi connectivity index (χ1v) is 6.95. The third-order valence-corrected chi connectivity index (χ3v) is 3.38. The average Bonchev–Trinajstić information content (AvgIpc) is 3.23. The first-order valence-electron chi connectivity index (χ1n) is 6.95. The fourth-order valence-corrected chi connectivity index (χ4v) is 2.18. The molecule has 12 heteroatoms. The molecule has 0 amide bonds. The van der Waals surface area contributed by atoms with E-state index in [4.69, 9.17) is 15.6 Å². The van der Waals surface area contributed by atoms with Crippen LogP contribution in [-0.4, -0.2) is 55.7 Å². The Labute approximate surface area is 134 Å². The molecule has 1 aromatic heterocycles. The number of nitrogen functional groups attached to an aromatic ring is 1. The van der Waals surface area contributed by atoms with E-state index in [1.165, 1.54) is 12.7 Å². The van der Waals surface area contributed by atoms with Gasteiger partial charge in [0.1, 0.15) is 30.7 Å². The molecular weight excluding hydrogens is 320 g/mol. The third-order valence-electron chi connectivity index (χ3n) is 3.38. The van der Waals surface area contributed by atoms with Gasteiger partial charge in [0.2, 0.25) is 11.8 Å². The van der Waals surface area contributed by atoms with Crippen molar-refractivity contribution in [2.45, 2.75) is 24.9 Å². The normalized spacial score (nSPS) is 26.7. The maximum absolute atomic E-state index is 11.4. The predicted molar refractivity (Wildman–Crippen MR) is 81.2 cm³/mol. The highest BCUT2D eigenvalue weighted by Crippen LogP contribution is 2.26. The molecule has 0 radical (unpaired) electrons. The number of amidine groups is 1. The Hall–Kier alpha value is -2.83. The zero-order valence-corrected chi connectivity index (χ0v) is 12.3. The van der Waals surface area contributed by atoms with Crippen LogP contribution >= 0.6 is 0 Å². The Morgan fingerprint density at radius 3 is 2.96 bits per heavy atom. The number of hydrogen-bond acceptors (Lipinski definition) is 11. The topological polar surface area (TPSA) is 173 Å². The summed E-state index contributed by atoms with van der Waals surface area (Å²) in [7, 11) is 0. The van der Waals surface area contributed by atoms with Gasteiger partial charge in [-0.05, 0) is 0 Å². The summed E-state index contributed by atoms with van der Waals surface area (Å²) in [5.74, 6) is 0.517. The lowest BCUT2D eigenvalue weighted by molar-refractivity contribution is -0.0462. The molecule has 24 heavy (non-hydrogen) atoms. The van der Waals surface area contributed by atoms with Crippen molar-refractivity contribution in [2.24, 2.45) is 20.2 Å². The number of nitrogens with two attached hydrogens (primary N) is 1. The zero-order chi connectivity index (χ0) is 17.1. The van der Waals surface area contributed by atoms with E-state index >= 15 is 0 Å². The molecule has 3 atom stereocenters. The van der Waals surface area contributed by atoms with Gasteiger partial charge < -0.3 is 20.7 Å². The third kappa shape index (κ3) is 3.24. The van der Waals surface area contributed by atoms with Crippen LogP contribution in [0.3, 0.4) is 0 Å². The van der Waals surface area contributed by atoms with Gasteiger partial charge in [-0.3, -0.25) is 4.57 Å². The number of ether oxygens (including phenoxy) is 1. The fourth-order valence-electron chi connectivity index (χ4n) is 2.18. The molecule has 1 aromatic rings. The first-order chi connectivity index (χ1) is 11.6. The molecule has 0 bridgehead atoms. The first kappa shape index (κ1) is 16.0. The van der Waals surface area contributed by atoms with E-state index < -0.39 is 24.1 Å². The van der Waals surface area contributed by atoms with Crippen molar-refractivity contribution >= 4 is 18.1 Å². The molecule has 0 aliphatic carbocycles. The minimum Gasteiger partial charge on any atom is -0.394 e. The van der Waals surface area contributed by atoms with Crippen molar-refractivity contribution < 1.29 is 14.9 Å². The highest BCUT2D eigenvalue weighted by molar-refractivity contribution is 6.07. The average molecular weight is 334 g/mol. The maximum Gasteiger partial charge on any atom is 0.354 e. The van der Waals surface area contributed by atoms with E-state index in [1.807, 2.05) is 0 Å². The van der Waals surface area contributed by atoms with Crippen LogP contribution < -0.4 is 11.4 Å². The number of nitrogens with zero attached hydrogens (tertiary/aromatic N) is 7. The summed E-state index contributed by atoms with van der Waals surface area (Å²) in [6.07, 6.45) is 2.32. The molecule has 1 fully saturated rings. The molecule has 0 spiro atoms. The van der Waals surface area contributed by atoms with Crippen molar-refractivity contribution in [2.75, 3.05) is 12.3 Å². The summed E-state index contributed by atoms with van der Waals surface area (Å²) in [5.41, 5.74) is 5.42. The summed E-state index contributed by atoms with van der Waals surface area (Å²) < 4.78 is 6.41. The van der Waals surface area contributed by atoms with Crippen molar-refractivity contribution in [1.29, 1.82) is 0 Å². The monoisotopic (exact) mass is 334 g/mol. The van der Waals surface area contributed by atoms with Crippen LogP contribution in [0.15, 0.2) is 43.2 Å². The second-order valence-electron chi connectivity index (χ2n) is 4.95. The Morgan fingerprint density at radius 1 is 1.46 bits per heavy atom. The number of azo groups is 1. The van der Waals surface area contributed by atoms with E-state index in [-0.39, 0.29) is 19.0 Å². The highest BCUT2D eigenvalue weighted by Gasteiger charge is 2.35. The number of rotatable bonds is 2. The number of anilines is 1. The molecule has 3 aliphatic heterocycles. The Kier molecular flexibility index (Phi) is 4.50. The summed E-state index contributed by atoms with van der Waals surface area (Å²) in [6.45, 7) is -0.303. The fraction of sp³-hybridized carbons (Fsp3) is 0.417. The number of aliphatic hydroxyl groups excluding tert-OH is 2. The summed E-state index contributed by atoms with van der Waals surface area (Å²) in [5, 5.41) is 25.6. The van der Waals surface area contributed by atoms with Gasteiger partial charge >= 0.3 is 5.69 Å². The minimum absolute atomic E-state index is 0.112. The summed E-state index contributed by atoms with van der Waals surface area (Å²) in [6, 6.07) is 0. The van der Waals surface area contributed by atoms with Gasteiger partial charge in [0.15, 0.2) is 0 Å². The SMILES string of the molecule is C1=NC2=CN=NC2=N1.Nc1ncn([C@H]2C[C@H](O)[C@@H](CO)O2)c(=O)n1. The molecule has 0 saturated carbocycles. The van der Waals surface area contributed by atoms with E-state index in [0.717, 1.165) is 10.3 Å². The van der Waals surface area contributed by atoms with Crippen LogP contribution in [0, 0.1) is 0 Å². The predicted octanol–water partition coefficient (Wildman–Crippen LogP) is -1.40. The zero-order valence-electron chi connectivity index (χ0n) is 12.3. The van der Waals surface area contributed by atoms with Crippen molar-refractivity contribution in [3.63, 3.8) is 0 Å². The van der Waals surface area contributed by atoms with Crippen LogP contribution in [0.1, 0.15) is 12.6 Å². The van der Waals surface area contributed by atoms with Crippen LogP contribution in [0.4, 0.5) is 5.95 Å². The standard InChI is InChI=1S/C8H12N4O4.C4H2N4/c9-7-10-3-12(8(15)11-7)6-1-4(14)5(2-13)16-6;1-3-4(8-7-1)6-2-5-3/h3-6,13-14H,1-2H2,(H2,9,11,15);1-2H/t4-,5+,6+;/m0./s1. The van der Waals surface area contributed by atoms with Gasteiger partial charge in [0.25, 0.3) is 0 Å². The van der Waals surface area contributed by atoms with Crippen molar-refractivity contribution in [3.05, 3.63) is 28.7 Å². The van der Waals surface area contributed by atoms with Gasteiger partial charge in [-0.25, -0.2) is 19.8 Å². The van der Waals surface area contributed by atoms with Crippen LogP contribution in [0.5, 0.6) is 0 Å². The highest BCUT2D eigenvalue weighted by atomic mass is 16.5. The van der Waals surface area contributed by atoms with Gasteiger partial charge in [0, 0.05) is 6.42 Å². The maximum atomic E-state index is 11.4. The van der Waals surface area contributed by atoms with Crippen molar-refractivity contribution in [1.82, 2.24) is 14.5 Å². The summed E-state index contributed by atoms with van der Waals surface area (Å²) in [4.78, 5) is 26.2. The van der Waals surface area contributed by atoms with E-state index in [9.17, 15) is 9.90 Å². The molecule has 4 N–H and O–H groups in total. The smallest absolute Gasteiger partial charge is 0.354 e. The molecule has 4 heterocycles. The molecule has 1 saturated heterocycles. The van der Waals surface area contributed by atoms with Gasteiger partial charge in [-0.15, -0.1) is 5.11 Å². The number of aliphatic hydroxyl groups is 2. The lowest BCUT2D eigenvalue weighted by Crippen LogP contribution is -2.28. The number of fused-ring (bicyclic) bond motifs is 1. The molecule has 0 unspecified atom stereocenters. The lowest BCUT2D eigenvalue weighted by atomic mass is 10.2. The Morgan fingerprint density at radius 2 is 2.29 bits per heavy atom. The number of aromatic nitrogens is 3. The van der Waals surface area contributed by atoms with E-state index in [1.54, 1.807) is 6.20 Å². The van der Waals surface area contributed by atoms with Gasteiger partial charge in [-0.1, -0.05) is 0 Å². The van der Waals surface area contributed by atoms with Crippen LogP contribution in [-0.2, 0) is 4.74 Å². The molecular formula is C12H14N8O4. The summed E-state index contributed by atoms with van der Waals surface area (Å²) >= 11 is 0. The van der Waals surface area contributed by atoms with Crippen molar-refractivity contribution in [3.8, 4) is 0 Å². The molecule has 12 nitrogen and oxygen atoms in total. The largest absolute Gasteiger partial charge is 0.394 e. The number of aliphatic imine (C=N–C) groups is 2. The second-order valence-corrected chi connectivity index (χ2v) is 4.95. The van der Waals surface area contributed by atoms with Gasteiger partial charge in [-0.2, -0.15) is 10.1 Å². The minimum atomic E-state index is -0.806. The molecule has 3 aliphatic rings. The van der Waals surface area contributed by atoms with E-state index in [0.29, 0.717) is 5.84 Å². The van der Waals surface area contributed by atoms with Crippen LogP contribution in [0.2, 0.25) is 0 Å². The second kappa shape index (κ2) is 6.74.